The standard InChI is InChI=1S/C13H22N2O2/c1-7-6-9(7)15-11(16)13(14)8-4-5-17-10(8)12(13,2)3/h7-10H,4-6,14H2,1-3H3,(H,15,16). The summed E-state index contributed by atoms with van der Waals surface area (Å²) in [5.74, 6) is 0.844. The normalized spacial score (nSPS) is 50.4. The van der Waals surface area contributed by atoms with E-state index in [-0.39, 0.29) is 23.3 Å². The Balaban J connectivity index is 1.78. The van der Waals surface area contributed by atoms with Crippen molar-refractivity contribution in [3.8, 4) is 0 Å². The molecule has 0 spiro atoms. The van der Waals surface area contributed by atoms with Crippen LogP contribution in [0.15, 0.2) is 0 Å². The zero-order valence-electron chi connectivity index (χ0n) is 10.8. The lowest BCUT2D eigenvalue weighted by molar-refractivity contribution is -0.175. The summed E-state index contributed by atoms with van der Waals surface area (Å²) in [4.78, 5) is 12.4. The minimum absolute atomic E-state index is 0.0311. The number of rotatable bonds is 2. The predicted octanol–water partition coefficient (Wildman–Crippen LogP) is 0.653. The molecule has 1 amide bonds. The van der Waals surface area contributed by atoms with Crippen LogP contribution in [0.4, 0.5) is 0 Å². The first-order valence-corrected chi connectivity index (χ1v) is 6.60. The van der Waals surface area contributed by atoms with Crippen LogP contribution in [0.5, 0.6) is 0 Å². The molecular formula is C13H22N2O2. The van der Waals surface area contributed by atoms with Gasteiger partial charge >= 0.3 is 0 Å². The third-order valence-electron chi connectivity index (χ3n) is 5.26. The van der Waals surface area contributed by atoms with E-state index in [0.29, 0.717) is 12.0 Å². The number of carbonyl (C=O) groups is 1. The molecule has 0 aromatic heterocycles. The predicted molar refractivity (Wildman–Crippen MR) is 64.3 cm³/mol. The van der Waals surface area contributed by atoms with Crippen molar-refractivity contribution in [2.75, 3.05) is 6.61 Å². The summed E-state index contributed by atoms with van der Waals surface area (Å²) in [5, 5.41) is 3.09. The molecule has 1 aliphatic heterocycles. The molecule has 5 unspecified atom stereocenters. The number of fused-ring (bicyclic) bond motifs is 1. The minimum Gasteiger partial charge on any atom is -0.377 e. The van der Waals surface area contributed by atoms with Gasteiger partial charge in [-0.15, -0.1) is 0 Å². The molecule has 1 heterocycles. The molecule has 0 aromatic rings. The van der Waals surface area contributed by atoms with Crippen molar-refractivity contribution >= 4 is 5.91 Å². The van der Waals surface area contributed by atoms with Crippen LogP contribution in [0.3, 0.4) is 0 Å². The van der Waals surface area contributed by atoms with E-state index >= 15 is 0 Å². The maximum atomic E-state index is 12.4. The average Bonchev–Trinajstić information content (AvgIpc) is 2.82. The number of amides is 1. The molecule has 3 aliphatic rings. The smallest absolute Gasteiger partial charge is 0.241 e. The molecule has 4 heteroatoms. The molecule has 3 fully saturated rings. The highest BCUT2D eigenvalue weighted by atomic mass is 16.5. The summed E-state index contributed by atoms with van der Waals surface area (Å²) < 4.78 is 5.69. The van der Waals surface area contributed by atoms with Crippen LogP contribution in [0.1, 0.15) is 33.6 Å². The van der Waals surface area contributed by atoms with Gasteiger partial charge in [-0.2, -0.15) is 0 Å². The highest BCUT2D eigenvalue weighted by Crippen LogP contribution is 2.58. The Bertz CT molecular complexity index is 368. The van der Waals surface area contributed by atoms with Crippen LogP contribution in [-0.2, 0) is 9.53 Å². The molecule has 17 heavy (non-hydrogen) atoms. The fourth-order valence-electron chi connectivity index (χ4n) is 3.66. The monoisotopic (exact) mass is 238 g/mol. The van der Waals surface area contributed by atoms with Crippen molar-refractivity contribution in [2.24, 2.45) is 23.0 Å². The van der Waals surface area contributed by atoms with E-state index in [2.05, 4.69) is 26.1 Å². The molecule has 2 saturated carbocycles. The first kappa shape index (κ1) is 11.5. The van der Waals surface area contributed by atoms with E-state index in [0.717, 1.165) is 19.4 Å². The summed E-state index contributed by atoms with van der Waals surface area (Å²) in [6.45, 7) is 7.00. The van der Waals surface area contributed by atoms with Gasteiger partial charge in [0.05, 0.1) is 6.10 Å². The minimum atomic E-state index is -0.740. The van der Waals surface area contributed by atoms with Crippen molar-refractivity contribution in [3.05, 3.63) is 0 Å². The fourth-order valence-corrected chi connectivity index (χ4v) is 3.66. The van der Waals surface area contributed by atoms with Crippen molar-refractivity contribution in [1.82, 2.24) is 5.32 Å². The number of carbonyl (C=O) groups excluding carboxylic acids is 1. The molecule has 2 aliphatic carbocycles. The van der Waals surface area contributed by atoms with Gasteiger partial charge in [0.2, 0.25) is 5.91 Å². The highest BCUT2D eigenvalue weighted by molar-refractivity contribution is 5.90. The Kier molecular flexibility index (Phi) is 2.18. The molecular weight excluding hydrogens is 216 g/mol. The van der Waals surface area contributed by atoms with Crippen LogP contribution in [0.25, 0.3) is 0 Å². The summed E-state index contributed by atoms with van der Waals surface area (Å²) in [5.41, 5.74) is 5.45. The van der Waals surface area contributed by atoms with E-state index in [1.807, 2.05) is 0 Å². The molecule has 96 valence electrons. The third-order valence-corrected chi connectivity index (χ3v) is 5.26. The SMILES string of the molecule is CC1CC1NC(=O)C1(N)C2CCOC2C1(C)C. The fraction of sp³-hybridized carbons (Fsp3) is 0.923. The molecule has 0 bridgehead atoms. The Labute approximate surface area is 102 Å². The van der Waals surface area contributed by atoms with Crippen molar-refractivity contribution < 1.29 is 9.53 Å². The molecule has 3 N–H and O–H groups in total. The van der Waals surface area contributed by atoms with Gasteiger partial charge in [-0.3, -0.25) is 4.79 Å². The van der Waals surface area contributed by atoms with Crippen molar-refractivity contribution in [1.29, 1.82) is 0 Å². The Morgan fingerprint density at radius 1 is 1.47 bits per heavy atom. The maximum absolute atomic E-state index is 12.4. The Morgan fingerprint density at radius 3 is 2.71 bits per heavy atom. The van der Waals surface area contributed by atoms with Crippen LogP contribution in [0.2, 0.25) is 0 Å². The van der Waals surface area contributed by atoms with Gasteiger partial charge in [0, 0.05) is 24.0 Å². The maximum Gasteiger partial charge on any atom is 0.241 e. The molecule has 5 atom stereocenters. The summed E-state index contributed by atoms with van der Waals surface area (Å²) in [6, 6.07) is 0.347. The molecule has 3 rings (SSSR count). The second-order valence-corrected chi connectivity index (χ2v) is 6.57. The largest absolute Gasteiger partial charge is 0.377 e. The number of hydrogen-bond acceptors (Lipinski definition) is 3. The van der Waals surface area contributed by atoms with Gasteiger partial charge in [-0.25, -0.2) is 0 Å². The Morgan fingerprint density at radius 2 is 2.12 bits per heavy atom. The van der Waals surface area contributed by atoms with Crippen molar-refractivity contribution in [3.63, 3.8) is 0 Å². The highest BCUT2D eigenvalue weighted by Gasteiger charge is 2.71. The summed E-state index contributed by atoms with van der Waals surface area (Å²) >= 11 is 0. The van der Waals surface area contributed by atoms with E-state index in [4.69, 9.17) is 10.5 Å². The Hall–Kier alpha value is -0.610. The van der Waals surface area contributed by atoms with Gasteiger partial charge in [0.1, 0.15) is 5.54 Å². The zero-order valence-corrected chi connectivity index (χ0v) is 10.8. The van der Waals surface area contributed by atoms with Gasteiger partial charge < -0.3 is 15.8 Å². The van der Waals surface area contributed by atoms with Gasteiger partial charge in [0.15, 0.2) is 0 Å². The zero-order chi connectivity index (χ0) is 12.4. The lowest BCUT2D eigenvalue weighted by atomic mass is 9.48. The quantitative estimate of drug-likeness (QED) is 0.742. The van der Waals surface area contributed by atoms with E-state index in [1.165, 1.54) is 0 Å². The number of hydrogen-bond donors (Lipinski definition) is 2. The van der Waals surface area contributed by atoms with E-state index in [9.17, 15) is 4.79 Å². The second-order valence-electron chi connectivity index (χ2n) is 6.57. The van der Waals surface area contributed by atoms with Crippen molar-refractivity contribution in [2.45, 2.75) is 51.3 Å². The lowest BCUT2D eigenvalue weighted by Gasteiger charge is -2.60. The number of nitrogens with one attached hydrogen (secondary N) is 1. The van der Waals surface area contributed by atoms with Crippen LogP contribution in [0, 0.1) is 17.3 Å². The molecule has 4 nitrogen and oxygen atoms in total. The summed E-state index contributed by atoms with van der Waals surface area (Å²) in [6.07, 6.45) is 2.17. The lowest BCUT2D eigenvalue weighted by Crippen LogP contribution is -2.80. The van der Waals surface area contributed by atoms with Gasteiger partial charge in [-0.05, 0) is 18.8 Å². The number of nitrogens with two attached hydrogens (primary N) is 1. The van der Waals surface area contributed by atoms with E-state index in [1.54, 1.807) is 0 Å². The molecule has 0 radical (unpaired) electrons. The molecule has 0 aromatic carbocycles. The average molecular weight is 238 g/mol. The molecule has 1 saturated heterocycles. The van der Waals surface area contributed by atoms with Crippen LogP contribution < -0.4 is 11.1 Å². The van der Waals surface area contributed by atoms with Crippen LogP contribution in [-0.4, -0.2) is 30.2 Å². The number of ether oxygens (including phenoxy) is 1. The first-order valence-electron chi connectivity index (χ1n) is 6.60. The van der Waals surface area contributed by atoms with Gasteiger partial charge in [-0.1, -0.05) is 20.8 Å². The topological polar surface area (TPSA) is 64.4 Å². The first-order chi connectivity index (χ1) is 7.89. The van der Waals surface area contributed by atoms with E-state index < -0.39 is 5.54 Å². The van der Waals surface area contributed by atoms with Gasteiger partial charge in [0.25, 0.3) is 0 Å². The third kappa shape index (κ3) is 1.28. The summed E-state index contributed by atoms with van der Waals surface area (Å²) in [7, 11) is 0. The second kappa shape index (κ2) is 3.23. The van der Waals surface area contributed by atoms with Crippen LogP contribution >= 0.6 is 0 Å².